The summed E-state index contributed by atoms with van der Waals surface area (Å²) in [4.78, 5) is 22.3. The average Bonchev–Trinajstić information content (AvgIpc) is 2.17. The largest absolute Gasteiger partial charge is 0.287 e. The van der Waals surface area contributed by atoms with Crippen molar-refractivity contribution in [2.24, 2.45) is 0 Å². The van der Waals surface area contributed by atoms with Gasteiger partial charge in [0.2, 0.25) is 11.3 Å². The summed E-state index contributed by atoms with van der Waals surface area (Å²) in [6.07, 6.45) is 7.16. The minimum Gasteiger partial charge on any atom is -0.287 e. The van der Waals surface area contributed by atoms with Crippen molar-refractivity contribution in [2.45, 2.75) is 12.8 Å². The fourth-order valence-corrected chi connectivity index (χ4v) is 1.44. The highest BCUT2D eigenvalue weighted by Gasteiger charge is 2.16. The van der Waals surface area contributed by atoms with Gasteiger partial charge in [-0.05, 0) is 12.8 Å². The second-order valence-corrected chi connectivity index (χ2v) is 3.52. The smallest absolute Gasteiger partial charge is 0.227 e. The van der Waals surface area contributed by atoms with Crippen LogP contribution in [0.1, 0.15) is 12.8 Å². The number of hydrogen-bond donors (Lipinski definition) is 0. The summed E-state index contributed by atoms with van der Waals surface area (Å²) in [6, 6.07) is 0. The monoisotopic (exact) mass is 180 g/mol. The molecule has 0 saturated heterocycles. The number of allylic oxidation sites excluding steroid dienone is 4. The minimum absolute atomic E-state index is 0.0829. The average molecular weight is 180 g/mol. The maximum Gasteiger partial charge on any atom is 0.227 e. The first-order valence-corrected chi connectivity index (χ1v) is 5.38. The molecule has 0 aromatic heterocycles. The van der Waals surface area contributed by atoms with E-state index in [1.54, 1.807) is 13.6 Å². The van der Waals surface area contributed by atoms with E-state index >= 15 is 0 Å². The van der Waals surface area contributed by atoms with Crippen LogP contribution in [-0.2, 0) is 9.59 Å². The van der Waals surface area contributed by atoms with Crippen LogP contribution >= 0.6 is 8.46 Å². The van der Waals surface area contributed by atoms with Crippen molar-refractivity contribution in [1.29, 1.82) is 0 Å². The van der Waals surface area contributed by atoms with Crippen LogP contribution in [0, 0.1) is 0 Å². The molecule has 1 aliphatic carbocycles. The Morgan fingerprint density at radius 1 is 1.50 bits per heavy atom. The van der Waals surface area contributed by atoms with Gasteiger partial charge >= 0.3 is 0 Å². The number of carbonyl (C=O) groups is 2. The van der Waals surface area contributed by atoms with E-state index in [0.29, 0.717) is 12.0 Å². The van der Waals surface area contributed by atoms with Crippen LogP contribution in [-0.4, -0.2) is 18.9 Å². The van der Waals surface area contributed by atoms with Crippen LogP contribution in [0.15, 0.2) is 23.8 Å². The third-order valence-corrected chi connectivity index (χ3v) is 2.42. The molecular weight excluding hydrogens is 170 g/mol. The van der Waals surface area contributed by atoms with Crippen LogP contribution in [0.2, 0.25) is 0 Å². The van der Waals surface area contributed by atoms with Crippen molar-refractivity contribution in [3.63, 3.8) is 0 Å². The summed E-state index contributed by atoms with van der Waals surface area (Å²) in [7, 11) is 1.82. The molecule has 1 rings (SSSR count). The van der Waals surface area contributed by atoms with Crippen molar-refractivity contribution in [3.05, 3.63) is 23.8 Å². The Morgan fingerprint density at radius 2 is 2.25 bits per heavy atom. The Balaban J connectivity index is 2.69. The van der Waals surface area contributed by atoms with Gasteiger partial charge in [-0.2, -0.15) is 0 Å². The van der Waals surface area contributed by atoms with Gasteiger partial charge in [0.05, 0.1) is 0 Å². The normalized spacial score (nSPS) is 16.5. The molecule has 12 heavy (non-hydrogen) atoms. The topological polar surface area (TPSA) is 34.1 Å². The van der Waals surface area contributed by atoms with Gasteiger partial charge in [0, 0.05) is 5.57 Å². The molecule has 0 amide bonds. The Kier molecular flexibility index (Phi) is 3.42. The zero-order valence-electron chi connectivity index (χ0n) is 6.96. The lowest BCUT2D eigenvalue weighted by Crippen LogP contribution is -2.12. The standard InChI is InChI=1S/C8H10BO2P/c9-12-8(11)7(10)6-4-2-1-3-5-6/h1-2,4,12H,3,5,9H2. The van der Waals surface area contributed by atoms with Gasteiger partial charge in [-0.3, -0.25) is 9.59 Å². The van der Waals surface area contributed by atoms with Gasteiger partial charge < -0.3 is 0 Å². The number of carbonyl (C=O) groups excluding carboxylic acids is 2. The molecule has 4 heteroatoms. The SMILES string of the molecule is BPC(=O)C(=O)C1=CC=CCC1. The summed E-state index contributed by atoms with van der Waals surface area (Å²) >= 11 is 0. The lowest BCUT2D eigenvalue weighted by atomic mass is 10.0. The molecule has 1 aliphatic rings. The summed E-state index contributed by atoms with van der Waals surface area (Å²) in [5, 5.41) is 0. The van der Waals surface area contributed by atoms with Gasteiger partial charge in [0.15, 0.2) is 0 Å². The lowest BCUT2D eigenvalue weighted by molar-refractivity contribution is -0.129. The third kappa shape index (κ3) is 2.15. The van der Waals surface area contributed by atoms with Gasteiger partial charge in [0.1, 0.15) is 7.57 Å². The predicted molar refractivity (Wildman–Crippen MR) is 53.3 cm³/mol. The molecule has 2 nitrogen and oxygen atoms in total. The maximum atomic E-state index is 11.3. The van der Waals surface area contributed by atoms with Gasteiger partial charge in [-0.15, -0.1) is 0 Å². The van der Waals surface area contributed by atoms with E-state index in [9.17, 15) is 9.59 Å². The highest BCUT2D eigenvalue weighted by Crippen LogP contribution is 2.16. The Morgan fingerprint density at radius 3 is 2.75 bits per heavy atom. The molecule has 0 aliphatic heterocycles. The van der Waals surface area contributed by atoms with E-state index in [1.165, 1.54) is 0 Å². The molecule has 0 radical (unpaired) electrons. The third-order valence-electron chi connectivity index (χ3n) is 1.74. The van der Waals surface area contributed by atoms with E-state index < -0.39 is 0 Å². The van der Waals surface area contributed by atoms with E-state index in [-0.39, 0.29) is 19.8 Å². The molecule has 0 fully saturated rings. The molecule has 1 unspecified atom stereocenters. The predicted octanol–water partition coefficient (Wildman–Crippen LogP) is 0.585. The zero-order valence-corrected chi connectivity index (χ0v) is 7.96. The van der Waals surface area contributed by atoms with Crippen molar-refractivity contribution < 1.29 is 9.59 Å². The van der Waals surface area contributed by atoms with Crippen LogP contribution in [0.3, 0.4) is 0 Å². The Bertz CT molecular complexity index is 268. The lowest BCUT2D eigenvalue weighted by Gasteiger charge is -2.05. The van der Waals surface area contributed by atoms with E-state index in [0.717, 1.165) is 6.42 Å². The van der Waals surface area contributed by atoms with Crippen LogP contribution in [0.25, 0.3) is 0 Å². The number of Topliss-reactive ketones (excluding diaryl/α,β-unsaturated/α-hetero) is 1. The molecule has 0 bridgehead atoms. The van der Waals surface area contributed by atoms with Crippen molar-refractivity contribution in [3.8, 4) is 0 Å². The Hall–Kier alpha value is -0.685. The van der Waals surface area contributed by atoms with E-state index in [4.69, 9.17) is 0 Å². The highest BCUT2D eigenvalue weighted by molar-refractivity contribution is 7.83. The van der Waals surface area contributed by atoms with E-state index in [1.807, 2.05) is 12.2 Å². The molecule has 0 N–H and O–H groups in total. The summed E-state index contributed by atoms with van der Waals surface area (Å²) < 4.78 is 0. The van der Waals surface area contributed by atoms with Crippen molar-refractivity contribution >= 4 is 27.3 Å². The van der Waals surface area contributed by atoms with Gasteiger partial charge in [0.25, 0.3) is 0 Å². The molecule has 0 heterocycles. The van der Waals surface area contributed by atoms with Crippen molar-refractivity contribution in [2.75, 3.05) is 0 Å². The fraction of sp³-hybridized carbons (Fsp3) is 0.250. The van der Waals surface area contributed by atoms with Crippen LogP contribution in [0.5, 0.6) is 0 Å². The Labute approximate surface area is 74.3 Å². The summed E-state index contributed by atoms with van der Waals surface area (Å²) in [5.74, 6) is -0.291. The second kappa shape index (κ2) is 4.37. The molecule has 0 aromatic carbocycles. The summed E-state index contributed by atoms with van der Waals surface area (Å²) in [6.45, 7) is 0. The van der Waals surface area contributed by atoms with Crippen LogP contribution in [0.4, 0.5) is 0 Å². The zero-order chi connectivity index (χ0) is 8.97. The number of hydrogen-bond acceptors (Lipinski definition) is 2. The fourth-order valence-electron chi connectivity index (χ4n) is 1.05. The molecule has 1 atom stereocenters. The molecule has 0 aromatic rings. The quantitative estimate of drug-likeness (QED) is 0.361. The molecule has 62 valence electrons. The number of rotatable bonds is 3. The number of ketones is 1. The van der Waals surface area contributed by atoms with E-state index in [2.05, 4.69) is 0 Å². The van der Waals surface area contributed by atoms with Gasteiger partial charge in [-0.1, -0.05) is 26.7 Å². The molecule has 0 saturated carbocycles. The summed E-state index contributed by atoms with van der Waals surface area (Å²) in [5.41, 5.74) is 0.411. The first kappa shape index (κ1) is 9.40. The first-order valence-electron chi connectivity index (χ1n) is 3.88. The maximum absolute atomic E-state index is 11.3. The minimum atomic E-state index is -0.291. The molecular formula is C8H10BO2P. The van der Waals surface area contributed by atoms with Crippen molar-refractivity contribution in [1.82, 2.24) is 0 Å². The van der Waals surface area contributed by atoms with Crippen LogP contribution < -0.4 is 0 Å². The first-order chi connectivity index (χ1) is 5.75. The second-order valence-electron chi connectivity index (χ2n) is 2.57. The molecule has 0 spiro atoms. The van der Waals surface area contributed by atoms with Gasteiger partial charge in [-0.25, -0.2) is 0 Å². The highest BCUT2D eigenvalue weighted by atomic mass is 31.1.